The van der Waals surface area contributed by atoms with Crippen LogP contribution in [0.5, 0.6) is 0 Å². The highest BCUT2D eigenvalue weighted by atomic mass is 16.5. The summed E-state index contributed by atoms with van der Waals surface area (Å²) >= 11 is 0. The Morgan fingerprint density at radius 2 is 0.818 bits per heavy atom. The average molecular weight is 466 g/mol. The van der Waals surface area contributed by atoms with Gasteiger partial charge in [-0.3, -0.25) is 0 Å². The molecule has 33 heavy (non-hydrogen) atoms. The third-order valence-corrected chi connectivity index (χ3v) is 7.50. The van der Waals surface area contributed by atoms with Crippen molar-refractivity contribution in [1.29, 1.82) is 0 Å². The maximum Gasteiger partial charge on any atom is 0.0609 e. The van der Waals surface area contributed by atoms with E-state index in [1.165, 1.54) is 128 Å². The lowest BCUT2D eigenvalue weighted by Crippen LogP contribution is -2.59. The summed E-state index contributed by atoms with van der Waals surface area (Å²) in [5, 5.41) is 3.75. The van der Waals surface area contributed by atoms with Crippen molar-refractivity contribution in [2.75, 3.05) is 6.61 Å². The molecule has 1 aliphatic heterocycles. The van der Waals surface area contributed by atoms with Crippen LogP contribution in [0, 0.1) is 0 Å². The molecule has 0 aliphatic carbocycles. The molecular formula is C31H63NO. The molecule has 0 radical (unpaired) electrons. The van der Waals surface area contributed by atoms with E-state index in [0.29, 0.717) is 6.10 Å². The molecule has 0 aromatic carbocycles. The first-order valence-electron chi connectivity index (χ1n) is 15.3. The van der Waals surface area contributed by atoms with E-state index >= 15 is 0 Å². The molecule has 1 saturated heterocycles. The fourth-order valence-electron chi connectivity index (χ4n) is 5.95. The van der Waals surface area contributed by atoms with Crippen molar-refractivity contribution in [3.8, 4) is 0 Å². The minimum absolute atomic E-state index is 0.194. The number of piperidine rings is 1. The SMILES string of the molecule is CCCCCCCCCCCCCCCCCCCCCCOC1CC(C)(C)NC(C)(C)C1. The smallest absolute Gasteiger partial charge is 0.0609 e. The van der Waals surface area contributed by atoms with Gasteiger partial charge in [-0.05, 0) is 47.0 Å². The first-order valence-corrected chi connectivity index (χ1v) is 15.3. The fourth-order valence-corrected chi connectivity index (χ4v) is 5.95. The minimum Gasteiger partial charge on any atom is -0.378 e. The molecule has 1 rings (SSSR count). The van der Waals surface area contributed by atoms with Crippen molar-refractivity contribution in [3.63, 3.8) is 0 Å². The zero-order valence-corrected chi connectivity index (χ0v) is 23.7. The summed E-state index contributed by atoms with van der Waals surface area (Å²) in [5.41, 5.74) is 0.388. The number of hydrogen-bond acceptors (Lipinski definition) is 2. The zero-order chi connectivity index (χ0) is 24.3. The molecule has 1 aliphatic rings. The zero-order valence-electron chi connectivity index (χ0n) is 23.7. The van der Waals surface area contributed by atoms with Crippen molar-refractivity contribution in [3.05, 3.63) is 0 Å². The van der Waals surface area contributed by atoms with Gasteiger partial charge in [-0.15, -0.1) is 0 Å². The lowest BCUT2D eigenvalue weighted by molar-refractivity contribution is -0.0228. The van der Waals surface area contributed by atoms with Gasteiger partial charge in [0, 0.05) is 17.7 Å². The monoisotopic (exact) mass is 465 g/mol. The molecule has 0 amide bonds. The summed E-state index contributed by atoms with van der Waals surface area (Å²) in [6, 6.07) is 0. The van der Waals surface area contributed by atoms with Crippen molar-refractivity contribution in [1.82, 2.24) is 5.32 Å². The average Bonchev–Trinajstić information content (AvgIpc) is 2.72. The van der Waals surface area contributed by atoms with E-state index in [1.54, 1.807) is 0 Å². The van der Waals surface area contributed by atoms with E-state index in [0.717, 1.165) is 19.4 Å². The number of rotatable bonds is 22. The van der Waals surface area contributed by atoms with Gasteiger partial charge in [0.1, 0.15) is 0 Å². The Labute approximate surface area is 209 Å². The van der Waals surface area contributed by atoms with Gasteiger partial charge in [0.15, 0.2) is 0 Å². The van der Waals surface area contributed by atoms with Gasteiger partial charge in [0.05, 0.1) is 6.10 Å². The van der Waals surface area contributed by atoms with Crippen molar-refractivity contribution in [2.24, 2.45) is 0 Å². The molecular weight excluding hydrogens is 402 g/mol. The topological polar surface area (TPSA) is 21.3 Å². The first-order chi connectivity index (χ1) is 15.8. The van der Waals surface area contributed by atoms with Crippen LogP contribution in [-0.4, -0.2) is 23.8 Å². The molecule has 0 atom stereocenters. The standard InChI is InChI=1S/C31H63NO/c1-6-7-8-9-10-11-12-13-14-15-16-17-18-19-20-21-22-23-24-25-26-33-29-27-30(2,3)32-31(4,5)28-29/h29,32H,6-28H2,1-5H3. The van der Waals surface area contributed by atoms with Crippen molar-refractivity contribution in [2.45, 2.75) is 193 Å². The number of hydrogen-bond donors (Lipinski definition) is 1. The van der Waals surface area contributed by atoms with Crippen LogP contribution in [0.25, 0.3) is 0 Å². The summed E-state index contributed by atoms with van der Waals surface area (Å²) in [5.74, 6) is 0. The van der Waals surface area contributed by atoms with Gasteiger partial charge < -0.3 is 10.1 Å². The Kier molecular flexibility index (Phi) is 18.0. The quantitative estimate of drug-likeness (QED) is 0.161. The molecule has 0 spiro atoms. The highest BCUT2D eigenvalue weighted by molar-refractivity contribution is 4.97. The molecule has 2 nitrogen and oxygen atoms in total. The molecule has 0 aromatic heterocycles. The van der Waals surface area contributed by atoms with Crippen molar-refractivity contribution >= 4 is 0 Å². The molecule has 198 valence electrons. The highest BCUT2D eigenvalue weighted by Gasteiger charge is 2.37. The van der Waals surface area contributed by atoms with Gasteiger partial charge >= 0.3 is 0 Å². The molecule has 0 bridgehead atoms. The molecule has 1 N–H and O–H groups in total. The van der Waals surface area contributed by atoms with Crippen LogP contribution in [0.4, 0.5) is 0 Å². The lowest BCUT2D eigenvalue weighted by atomic mass is 9.81. The third-order valence-electron chi connectivity index (χ3n) is 7.50. The van der Waals surface area contributed by atoms with Crippen LogP contribution >= 0.6 is 0 Å². The predicted molar refractivity (Wildman–Crippen MR) is 148 cm³/mol. The summed E-state index contributed by atoms with van der Waals surface area (Å²) < 4.78 is 6.25. The van der Waals surface area contributed by atoms with Crippen LogP contribution in [0.3, 0.4) is 0 Å². The van der Waals surface area contributed by atoms with Gasteiger partial charge in [-0.2, -0.15) is 0 Å². The second-order valence-electron chi connectivity index (χ2n) is 12.5. The Morgan fingerprint density at radius 1 is 0.515 bits per heavy atom. The molecule has 0 aromatic rings. The maximum absolute atomic E-state index is 6.25. The summed E-state index contributed by atoms with van der Waals surface area (Å²) in [6.45, 7) is 12.5. The predicted octanol–water partition coefficient (Wildman–Crippen LogP) is 10.1. The first kappa shape index (κ1) is 31.0. The molecule has 2 heteroatoms. The Bertz CT molecular complexity index is 415. The molecule has 0 unspecified atom stereocenters. The van der Waals surface area contributed by atoms with Crippen LogP contribution in [-0.2, 0) is 4.74 Å². The Balaban J connectivity index is 1.76. The van der Waals surface area contributed by atoms with Crippen molar-refractivity contribution < 1.29 is 4.74 Å². The Morgan fingerprint density at radius 3 is 1.15 bits per heavy atom. The van der Waals surface area contributed by atoms with Crippen LogP contribution in [0.1, 0.15) is 176 Å². The van der Waals surface area contributed by atoms with E-state index < -0.39 is 0 Å². The van der Waals surface area contributed by atoms with Crippen LogP contribution in [0.2, 0.25) is 0 Å². The molecule has 0 saturated carbocycles. The van der Waals surface area contributed by atoms with Crippen LogP contribution < -0.4 is 5.32 Å². The number of unbranched alkanes of at least 4 members (excludes halogenated alkanes) is 19. The number of nitrogens with one attached hydrogen (secondary N) is 1. The van der Waals surface area contributed by atoms with E-state index in [4.69, 9.17) is 4.74 Å². The third kappa shape index (κ3) is 18.9. The largest absolute Gasteiger partial charge is 0.378 e. The molecule has 1 fully saturated rings. The van der Waals surface area contributed by atoms with Gasteiger partial charge in [0.2, 0.25) is 0 Å². The van der Waals surface area contributed by atoms with E-state index in [-0.39, 0.29) is 11.1 Å². The second kappa shape index (κ2) is 19.1. The highest BCUT2D eigenvalue weighted by Crippen LogP contribution is 2.30. The summed E-state index contributed by atoms with van der Waals surface area (Å²) in [7, 11) is 0. The summed E-state index contributed by atoms with van der Waals surface area (Å²) in [4.78, 5) is 0. The lowest BCUT2D eigenvalue weighted by Gasteiger charge is -2.46. The maximum atomic E-state index is 6.25. The minimum atomic E-state index is 0.194. The van der Waals surface area contributed by atoms with Crippen LogP contribution in [0.15, 0.2) is 0 Å². The fraction of sp³-hybridized carbons (Fsp3) is 1.00. The summed E-state index contributed by atoms with van der Waals surface area (Å²) in [6.07, 6.45) is 31.5. The van der Waals surface area contributed by atoms with E-state index in [9.17, 15) is 0 Å². The van der Waals surface area contributed by atoms with Gasteiger partial charge in [-0.25, -0.2) is 0 Å². The Hall–Kier alpha value is -0.0800. The van der Waals surface area contributed by atoms with Gasteiger partial charge in [-0.1, -0.05) is 129 Å². The van der Waals surface area contributed by atoms with Gasteiger partial charge in [0.25, 0.3) is 0 Å². The number of ether oxygens (including phenoxy) is 1. The van der Waals surface area contributed by atoms with E-state index in [2.05, 4.69) is 39.9 Å². The van der Waals surface area contributed by atoms with E-state index in [1.807, 2.05) is 0 Å². The normalized spacial score (nSPS) is 18.1. The molecule has 1 heterocycles. The second-order valence-corrected chi connectivity index (χ2v) is 12.5.